The summed E-state index contributed by atoms with van der Waals surface area (Å²) in [7, 11) is 3.54. The molecule has 1 fully saturated rings. The van der Waals surface area contributed by atoms with Gasteiger partial charge in [0.1, 0.15) is 6.54 Å². The van der Waals surface area contributed by atoms with Gasteiger partial charge in [0.05, 0.1) is 0 Å². The second kappa shape index (κ2) is 9.44. The maximum absolute atomic E-state index is 11.9. The maximum atomic E-state index is 11.9. The van der Waals surface area contributed by atoms with E-state index in [1.165, 1.54) is 12.0 Å². The Labute approximate surface area is 152 Å². The van der Waals surface area contributed by atoms with Gasteiger partial charge >= 0.3 is 0 Å². The van der Waals surface area contributed by atoms with Crippen LogP contribution in [0.3, 0.4) is 0 Å². The zero-order chi connectivity index (χ0) is 18.2. The van der Waals surface area contributed by atoms with Gasteiger partial charge in [0.15, 0.2) is 5.96 Å². The van der Waals surface area contributed by atoms with Crippen molar-refractivity contribution in [2.24, 2.45) is 16.8 Å². The van der Waals surface area contributed by atoms with Crippen LogP contribution in [-0.2, 0) is 11.2 Å². The summed E-state index contributed by atoms with van der Waals surface area (Å²) in [6.07, 6.45) is 2.27. The number of carbonyl (C=O) groups excluding carboxylic acids is 1. The van der Waals surface area contributed by atoms with Crippen molar-refractivity contribution in [2.75, 3.05) is 40.3 Å². The lowest BCUT2D eigenvalue weighted by Crippen LogP contribution is -2.42. The summed E-state index contributed by atoms with van der Waals surface area (Å²) in [6, 6.07) is 10.7. The first kappa shape index (κ1) is 19.3. The van der Waals surface area contributed by atoms with E-state index in [1.54, 1.807) is 19.0 Å². The molecule has 1 saturated heterocycles. The largest absolute Gasteiger partial charge is 0.356 e. The molecule has 0 aliphatic carbocycles. The minimum absolute atomic E-state index is 0.0314. The Morgan fingerprint density at radius 2 is 2.04 bits per heavy atom. The van der Waals surface area contributed by atoms with Gasteiger partial charge in [-0.25, -0.2) is 4.99 Å². The van der Waals surface area contributed by atoms with Gasteiger partial charge < -0.3 is 15.1 Å². The number of nitrogens with zero attached hydrogens (tertiary/aromatic N) is 3. The number of likely N-dealkylation sites (tertiary alicyclic amines) is 1. The molecule has 1 aromatic rings. The molecule has 1 amide bonds. The van der Waals surface area contributed by atoms with E-state index in [9.17, 15) is 4.79 Å². The number of aliphatic imine (C=N–C) groups is 1. The smallest absolute Gasteiger partial charge is 0.243 e. The molecular weight excluding hydrogens is 312 g/mol. The zero-order valence-electron chi connectivity index (χ0n) is 16.0. The topological polar surface area (TPSA) is 47.9 Å². The third-order valence-electron chi connectivity index (χ3n) is 4.48. The third-order valence-corrected chi connectivity index (χ3v) is 4.48. The summed E-state index contributed by atoms with van der Waals surface area (Å²) in [5.41, 5.74) is 1.39. The maximum Gasteiger partial charge on any atom is 0.243 e. The Morgan fingerprint density at radius 3 is 2.68 bits per heavy atom. The number of hydrogen-bond acceptors (Lipinski definition) is 2. The fourth-order valence-corrected chi connectivity index (χ4v) is 2.99. The SMILES string of the molecule is CC(C)CNC(=NCC(=O)N(C)C)N1CCC(Cc2ccccc2)C1. The molecule has 1 aliphatic rings. The first-order valence-electron chi connectivity index (χ1n) is 9.23. The monoisotopic (exact) mass is 344 g/mol. The van der Waals surface area contributed by atoms with Crippen LogP contribution in [-0.4, -0.2) is 61.9 Å². The van der Waals surface area contributed by atoms with Gasteiger partial charge in [0.25, 0.3) is 0 Å². The molecule has 2 rings (SSSR count). The van der Waals surface area contributed by atoms with E-state index in [-0.39, 0.29) is 12.5 Å². The summed E-state index contributed by atoms with van der Waals surface area (Å²) < 4.78 is 0. The van der Waals surface area contributed by atoms with E-state index in [2.05, 4.69) is 59.4 Å². The van der Waals surface area contributed by atoms with Crippen LogP contribution < -0.4 is 5.32 Å². The molecule has 5 nitrogen and oxygen atoms in total. The predicted octanol–water partition coefficient (Wildman–Crippen LogP) is 2.24. The van der Waals surface area contributed by atoms with Crippen LogP contribution in [0.2, 0.25) is 0 Å². The third kappa shape index (κ3) is 6.40. The van der Waals surface area contributed by atoms with Crippen molar-refractivity contribution in [3.63, 3.8) is 0 Å². The van der Waals surface area contributed by atoms with Crippen molar-refractivity contribution in [2.45, 2.75) is 26.7 Å². The van der Waals surface area contributed by atoms with E-state index in [0.717, 1.165) is 32.0 Å². The highest BCUT2D eigenvalue weighted by Crippen LogP contribution is 2.21. The number of nitrogens with one attached hydrogen (secondary N) is 1. The van der Waals surface area contributed by atoms with Crippen LogP contribution >= 0.6 is 0 Å². The number of hydrogen-bond donors (Lipinski definition) is 1. The highest BCUT2D eigenvalue weighted by atomic mass is 16.2. The molecule has 138 valence electrons. The number of rotatable bonds is 6. The van der Waals surface area contributed by atoms with E-state index in [0.29, 0.717) is 11.8 Å². The number of likely N-dealkylation sites (N-methyl/N-ethyl adjacent to an activating group) is 1. The van der Waals surface area contributed by atoms with Crippen molar-refractivity contribution in [3.8, 4) is 0 Å². The van der Waals surface area contributed by atoms with E-state index < -0.39 is 0 Å². The molecule has 5 heteroatoms. The van der Waals surface area contributed by atoms with Crippen LogP contribution in [0.5, 0.6) is 0 Å². The molecule has 1 aliphatic heterocycles. The Kier molecular flexibility index (Phi) is 7.29. The van der Waals surface area contributed by atoms with E-state index in [4.69, 9.17) is 0 Å². The Balaban J connectivity index is 1.97. The fourth-order valence-electron chi connectivity index (χ4n) is 2.99. The minimum atomic E-state index is 0.0314. The summed E-state index contributed by atoms with van der Waals surface area (Å²) in [5, 5.41) is 3.45. The zero-order valence-corrected chi connectivity index (χ0v) is 16.0. The lowest BCUT2D eigenvalue weighted by molar-refractivity contribution is -0.127. The lowest BCUT2D eigenvalue weighted by atomic mass is 9.99. The summed E-state index contributed by atoms with van der Waals surface area (Å²) in [6.45, 7) is 7.42. The average molecular weight is 345 g/mol. The molecule has 1 unspecified atom stereocenters. The summed E-state index contributed by atoms with van der Waals surface area (Å²) >= 11 is 0. The first-order valence-corrected chi connectivity index (χ1v) is 9.23. The number of amides is 1. The van der Waals surface area contributed by atoms with Crippen LogP contribution in [0.1, 0.15) is 25.8 Å². The van der Waals surface area contributed by atoms with Crippen molar-refractivity contribution in [1.29, 1.82) is 0 Å². The van der Waals surface area contributed by atoms with Gasteiger partial charge in [-0.15, -0.1) is 0 Å². The molecule has 1 heterocycles. The van der Waals surface area contributed by atoms with Gasteiger partial charge in [-0.05, 0) is 30.2 Å². The van der Waals surface area contributed by atoms with Crippen molar-refractivity contribution in [3.05, 3.63) is 35.9 Å². The molecule has 0 aromatic heterocycles. The number of carbonyl (C=O) groups is 1. The molecule has 1 atom stereocenters. The molecular formula is C20H32N4O. The molecule has 0 bridgehead atoms. The predicted molar refractivity (Wildman–Crippen MR) is 104 cm³/mol. The van der Waals surface area contributed by atoms with E-state index in [1.807, 2.05) is 0 Å². The number of benzene rings is 1. The average Bonchev–Trinajstić information content (AvgIpc) is 3.03. The van der Waals surface area contributed by atoms with Crippen molar-refractivity contribution in [1.82, 2.24) is 15.1 Å². The van der Waals surface area contributed by atoms with E-state index >= 15 is 0 Å². The standard InChI is InChI=1S/C20H32N4O/c1-16(2)13-21-20(22-14-19(25)23(3)4)24-11-10-18(15-24)12-17-8-6-5-7-9-17/h5-9,16,18H,10-15H2,1-4H3,(H,21,22). The molecule has 1 N–H and O–H groups in total. The second-order valence-corrected chi connectivity index (χ2v) is 7.49. The summed E-state index contributed by atoms with van der Waals surface area (Å²) in [5.74, 6) is 2.08. The molecule has 25 heavy (non-hydrogen) atoms. The minimum Gasteiger partial charge on any atom is -0.356 e. The number of guanidine groups is 1. The molecule has 0 spiro atoms. The Hall–Kier alpha value is -2.04. The molecule has 0 radical (unpaired) electrons. The van der Waals surface area contributed by atoms with Gasteiger partial charge in [0.2, 0.25) is 5.91 Å². The van der Waals surface area contributed by atoms with Crippen LogP contribution in [0.4, 0.5) is 0 Å². The Morgan fingerprint density at radius 1 is 1.32 bits per heavy atom. The van der Waals surface area contributed by atoms with Gasteiger partial charge in [-0.3, -0.25) is 4.79 Å². The second-order valence-electron chi connectivity index (χ2n) is 7.49. The van der Waals surface area contributed by atoms with Crippen LogP contribution in [0, 0.1) is 11.8 Å². The Bertz CT molecular complexity index is 568. The summed E-state index contributed by atoms with van der Waals surface area (Å²) in [4.78, 5) is 20.4. The molecule has 0 saturated carbocycles. The van der Waals surface area contributed by atoms with Gasteiger partial charge in [-0.2, -0.15) is 0 Å². The highest BCUT2D eigenvalue weighted by molar-refractivity contribution is 5.85. The van der Waals surface area contributed by atoms with Gasteiger partial charge in [0, 0.05) is 33.7 Å². The van der Waals surface area contributed by atoms with Crippen molar-refractivity contribution >= 4 is 11.9 Å². The fraction of sp³-hybridized carbons (Fsp3) is 0.600. The quantitative estimate of drug-likeness (QED) is 0.636. The van der Waals surface area contributed by atoms with Gasteiger partial charge in [-0.1, -0.05) is 44.2 Å². The lowest BCUT2D eigenvalue weighted by Gasteiger charge is -2.23. The molecule has 1 aromatic carbocycles. The normalized spacial score (nSPS) is 17.9. The van der Waals surface area contributed by atoms with Crippen LogP contribution in [0.15, 0.2) is 35.3 Å². The van der Waals surface area contributed by atoms with Crippen LogP contribution in [0.25, 0.3) is 0 Å². The highest BCUT2D eigenvalue weighted by Gasteiger charge is 2.25. The van der Waals surface area contributed by atoms with Crippen molar-refractivity contribution < 1.29 is 4.79 Å². The first-order chi connectivity index (χ1) is 12.0.